The van der Waals surface area contributed by atoms with Crippen LogP contribution in [0.1, 0.15) is 145 Å². The van der Waals surface area contributed by atoms with Crippen LogP contribution in [-0.4, -0.2) is 56.3 Å². The molecule has 5 fully saturated rings. The second kappa shape index (κ2) is 13.3. The summed E-state index contributed by atoms with van der Waals surface area (Å²) in [5, 5.41) is 23.0. The van der Waals surface area contributed by atoms with Gasteiger partial charge in [0.25, 0.3) is 0 Å². The number of carbonyl (C=O) groups excluding carboxylic acids is 2. The van der Waals surface area contributed by atoms with Crippen molar-refractivity contribution in [1.29, 1.82) is 0 Å². The van der Waals surface area contributed by atoms with Gasteiger partial charge in [-0.25, -0.2) is 5.10 Å². The Morgan fingerprint density at radius 2 is 1.65 bits per heavy atom. The fourth-order valence-electron chi connectivity index (χ4n) is 13.8. The molecule has 1 aromatic rings. The number of hydrogen-bond donors (Lipinski definition) is 2. The Morgan fingerprint density at radius 3 is 2.31 bits per heavy atom. The summed E-state index contributed by atoms with van der Waals surface area (Å²) in [7, 11) is 0. The van der Waals surface area contributed by atoms with Crippen LogP contribution in [0.15, 0.2) is 12.2 Å². The van der Waals surface area contributed by atoms with Gasteiger partial charge in [0, 0.05) is 5.41 Å². The second-order valence-corrected chi connectivity index (χ2v) is 19.8. The number of nitrogens with zero attached hydrogens (tertiary/aromatic N) is 3. The molecule has 0 spiro atoms. The van der Waals surface area contributed by atoms with Crippen molar-refractivity contribution in [1.82, 2.24) is 20.6 Å². The number of esters is 2. The van der Waals surface area contributed by atoms with Gasteiger partial charge in [0.1, 0.15) is 12.5 Å². The van der Waals surface area contributed by atoms with Gasteiger partial charge in [0.15, 0.2) is 5.82 Å². The number of carboxylic acid groups (broad SMARTS) is 1. The molecule has 284 valence electrons. The number of fused-ring (bicyclic) bond motifs is 7. The van der Waals surface area contributed by atoms with Gasteiger partial charge in [0.2, 0.25) is 0 Å². The molecule has 1 heterocycles. The number of aliphatic carboxylic acids is 1. The van der Waals surface area contributed by atoms with Crippen molar-refractivity contribution in [3.8, 4) is 0 Å². The number of ether oxygens (including phenoxy) is 2. The summed E-state index contributed by atoms with van der Waals surface area (Å²) in [5.74, 6) is 1.68. The van der Waals surface area contributed by atoms with Crippen molar-refractivity contribution in [2.45, 2.75) is 151 Å². The molecule has 5 aliphatic rings. The SMILES string of the molecule is C=C(C)[C@@H]1CC[C@]2(CCOC(=O)Cc3nnn[nH]3)CC[C@]3(C)[C@H](CC[C@@H]4[C@@]5(C)CC[C@H](OC(=O)CC(C)(C)CC(=O)O)C(C)(C)[C@@H]5CC[C@]43C)[C@@H]12. The van der Waals surface area contributed by atoms with Crippen molar-refractivity contribution in [2.24, 2.45) is 62.1 Å². The summed E-state index contributed by atoms with van der Waals surface area (Å²) in [5.41, 5.74) is 1.22. The molecule has 2 N–H and O–H groups in total. The predicted octanol–water partition coefficient (Wildman–Crippen LogP) is 8.14. The van der Waals surface area contributed by atoms with Crippen molar-refractivity contribution in [3.05, 3.63) is 18.0 Å². The lowest BCUT2D eigenvalue weighted by atomic mass is 9.32. The predicted molar refractivity (Wildman–Crippen MR) is 193 cm³/mol. The summed E-state index contributed by atoms with van der Waals surface area (Å²) in [6.45, 7) is 23.4. The molecule has 1 aromatic heterocycles. The van der Waals surface area contributed by atoms with Gasteiger partial charge in [0.05, 0.1) is 19.4 Å². The van der Waals surface area contributed by atoms with E-state index in [2.05, 4.69) is 68.7 Å². The van der Waals surface area contributed by atoms with Crippen LogP contribution in [-0.2, 0) is 30.3 Å². The van der Waals surface area contributed by atoms with Crippen molar-refractivity contribution in [3.63, 3.8) is 0 Å². The van der Waals surface area contributed by atoms with Gasteiger partial charge in [-0.05, 0) is 145 Å². The van der Waals surface area contributed by atoms with E-state index in [1.807, 2.05) is 13.8 Å². The van der Waals surface area contributed by atoms with Crippen molar-refractivity contribution < 1.29 is 29.0 Å². The first-order valence-corrected chi connectivity index (χ1v) is 19.7. The minimum atomic E-state index is -0.888. The number of rotatable bonds is 11. The highest BCUT2D eigenvalue weighted by Gasteiger charge is 2.71. The molecule has 5 saturated carbocycles. The number of hydrogen-bond acceptors (Lipinski definition) is 8. The molecule has 0 amide bonds. The number of nitrogens with one attached hydrogen (secondary N) is 1. The molecule has 0 unspecified atom stereocenters. The lowest BCUT2D eigenvalue weighted by molar-refractivity contribution is -0.251. The summed E-state index contributed by atoms with van der Waals surface area (Å²) < 4.78 is 12.1. The summed E-state index contributed by atoms with van der Waals surface area (Å²) in [6.07, 6.45) is 12.3. The minimum absolute atomic E-state index is 0.0535. The normalized spacial score (nSPS) is 39.8. The highest BCUT2D eigenvalue weighted by Crippen LogP contribution is 2.78. The van der Waals surface area contributed by atoms with Gasteiger partial charge in [-0.1, -0.05) is 60.6 Å². The number of tetrazole rings is 1. The number of carboxylic acids is 1. The van der Waals surface area contributed by atoms with E-state index >= 15 is 0 Å². The first kappa shape index (κ1) is 38.0. The Hall–Kier alpha value is -2.78. The van der Waals surface area contributed by atoms with E-state index in [1.54, 1.807) is 0 Å². The zero-order chi connectivity index (χ0) is 37.2. The molecule has 0 radical (unpaired) electrons. The quantitative estimate of drug-likeness (QED) is 0.172. The molecule has 10 nitrogen and oxygen atoms in total. The zero-order valence-electron chi connectivity index (χ0n) is 32.6. The van der Waals surface area contributed by atoms with E-state index in [1.165, 1.54) is 50.5 Å². The van der Waals surface area contributed by atoms with Crippen LogP contribution in [0.25, 0.3) is 0 Å². The van der Waals surface area contributed by atoms with Crippen LogP contribution < -0.4 is 0 Å². The molecule has 0 bridgehead atoms. The molecule has 10 atom stereocenters. The number of allylic oxidation sites excluding steroid dienone is 1. The Balaban J connectivity index is 1.19. The third kappa shape index (κ3) is 6.46. The van der Waals surface area contributed by atoms with Crippen LogP contribution in [0.4, 0.5) is 0 Å². The van der Waals surface area contributed by atoms with E-state index in [-0.39, 0.29) is 64.4 Å². The molecule has 0 aliphatic heterocycles. The van der Waals surface area contributed by atoms with E-state index < -0.39 is 11.4 Å². The van der Waals surface area contributed by atoms with E-state index in [0.29, 0.717) is 42.0 Å². The molecule has 6 rings (SSSR count). The van der Waals surface area contributed by atoms with Gasteiger partial charge in [-0.2, -0.15) is 0 Å². The summed E-state index contributed by atoms with van der Waals surface area (Å²) in [6, 6.07) is 0. The lowest BCUT2D eigenvalue weighted by Crippen LogP contribution is -2.66. The largest absolute Gasteiger partial charge is 0.481 e. The lowest BCUT2D eigenvalue weighted by Gasteiger charge is -2.73. The molecule has 0 saturated heterocycles. The van der Waals surface area contributed by atoms with Crippen LogP contribution in [0, 0.1) is 62.1 Å². The van der Waals surface area contributed by atoms with E-state index in [0.717, 1.165) is 25.7 Å². The van der Waals surface area contributed by atoms with E-state index in [9.17, 15) is 19.5 Å². The van der Waals surface area contributed by atoms with Crippen molar-refractivity contribution >= 4 is 17.9 Å². The maximum Gasteiger partial charge on any atom is 0.313 e. The summed E-state index contributed by atoms with van der Waals surface area (Å²) in [4.78, 5) is 37.2. The van der Waals surface area contributed by atoms with Crippen LogP contribution in [0.3, 0.4) is 0 Å². The maximum atomic E-state index is 13.2. The first-order valence-electron chi connectivity index (χ1n) is 19.7. The Labute approximate surface area is 305 Å². The monoisotopic (exact) mass is 708 g/mol. The Kier molecular flexibility index (Phi) is 9.87. The second-order valence-electron chi connectivity index (χ2n) is 19.8. The third-order valence-corrected chi connectivity index (χ3v) is 16.3. The highest BCUT2D eigenvalue weighted by atomic mass is 16.5. The summed E-state index contributed by atoms with van der Waals surface area (Å²) >= 11 is 0. The standard InChI is InChI=1S/C41H64N4O6/c1-25(2)26-12-17-41(20-21-50-33(48)22-31-42-44-45-43-31)19-18-39(8)27(35(26)41)10-11-29-38(7)15-14-30(37(5,6)28(38)13-16-40(29,39)9)51-34(49)24-36(3,4)23-32(46)47/h26-30,35H,1,10-24H2,2-9H3,(H,46,47)(H,42,43,44,45)/t26-,27+,28-,29+,30-,35+,38-,39+,40+,41+/m0/s1. The number of carbonyl (C=O) groups is 3. The fourth-order valence-corrected chi connectivity index (χ4v) is 13.8. The van der Waals surface area contributed by atoms with Gasteiger partial charge in [-0.3, -0.25) is 14.4 Å². The number of aromatic amines is 1. The zero-order valence-corrected chi connectivity index (χ0v) is 32.6. The molecule has 10 heteroatoms. The molecular formula is C41H64N4O6. The number of aromatic nitrogens is 4. The van der Waals surface area contributed by atoms with Crippen LogP contribution in [0.5, 0.6) is 0 Å². The van der Waals surface area contributed by atoms with Gasteiger partial charge >= 0.3 is 17.9 Å². The van der Waals surface area contributed by atoms with Crippen LogP contribution in [0.2, 0.25) is 0 Å². The van der Waals surface area contributed by atoms with Gasteiger partial charge < -0.3 is 14.6 Å². The Morgan fingerprint density at radius 1 is 0.902 bits per heavy atom. The minimum Gasteiger partial charge on any atom is -0.481 e. The average Bonchev–Trinajstić information content (AvgIpc) is 3.66. The molecule has 51 heavy (non-hydrogen) atoms. The van der Waals surface area contributed by atoms with Gasteiger partial charge in [-0.15, -0.1) is 5.10 Å². The Bertz CT molecular complexity index is 1510. The highest BCUT2D eigenvalue weighted by molar-refractivity contribution is 5.73. The topological polar surface area (TPSA) is 144 Å². The van der Waals surface area contributed by atoms with E-state index in [4.69, 9.17) is 9.47 Å². The maximum absolute atomic E-state index is 13.2. The smallest absolute Gasteiger partial charge is 0.313 e. The number of H-pyrrole nitrogens is 1. The molecule has 0 aromatic carbocycles. The fraction of sp³-hybridized carbons (Fsp3) is 0.854. The third-order valence-electron chi connectivity index (χ3n) is 16.3. The van der Waals surface area contributed by atoms with Crippen molar-refractivity contribution in [2.75, 3.05) is 6.61 Å². The molecular weight excluding hydrogens is 644 g/mol. The first-order chi connectivity index (χ1) is 23.8. The average molecular weight is 709 g/mol. The molecule has 5 aliphatic carbocycles. The van der Waals surface area contributed by atoms with Crippen LogP contribution >= 0.6 is 0 Å².